The zero-order valence-corrected chi connectivity index (χ0v) is 13.0. The first kappa shape index (κ1) is 17.1. The first-order valence-corrected chi connectivity index (χ1v) is 6.80. The Morgan fingerprint density at radius 2 is 1.71 bits per heavy atom. The van der Waals surface area contributed by atoms with E-state index in [9.17, 15) is 4.79 Å². The number of hydrogen-bond acceptors (Lipinski definition) is 3. The molecule has 0 radical (unpaired) electrons. The van der Waals surface area contributed by atoms with Crippen LogP contribution in [0.1, 0.15) is 35.8 Å². The maximum absolute atomic E-state index is 12.0. The third-order valence-corrected chi connectivity index (χ3v) is 3.08. The average Bonchev–Trinajstić information content (AvgIpc) is 2.48. The van der Waals surface area contributed by atoms with Crippen LogP contribution in [0.3, 0.4) is 0 Å². The third-order valence-electron chi connectivity index (χ3n) is 3.08. The lowest BCUT2D eigenvalue weighted by molar-refractivity contribution is 0.0524. The Morgan fingerprint density at radius 3 is 2.38 bits per heavy atom. The molecule has 2 aromatic carbocycles. The van der Waals surface area contributed by atoms with Crippen molar-refractivity contribution in [1.82, 2.24) is 0 Å². The van der Waals surface area contributed by atoms with Crippen LogP contribution in [0, 0.1) is 0 Å². The van der Waals surface area contributed by atoms with Crippen LogP contribution in [-0.2, 0) is 4.74 Å². The van der Waals surface area contributed by atoms with Gasteiger partial charge in [0.2, 0.25) is 0 Å². The van der Waals surface area contributed by atoms with Crippen molar-refractivity contribution in [2.45, 2.75) is 19.9 Å². The van der Waals surface area contributed by atoms with E-state index in [0.29, 0.717) is 12.2 Å². The third kappa shape index (κ3) is 4.50. The molecule has 3 nitrogen and oxygen atoms in total. The van der Waals surface area contributed by atoms with Crippen molar-refractivity contribution in [3.05, 3.63) is 65.7 Å². The van der Waals surface area contributed by atoms with Gasteiger partial charge in [0, 0.05) is 11.7 Å². The maximum atomic E-state index is 12.0. The molecule has 2 rings (SSSR count). The molecule has 0 aliphatic rings. The molecule has 0 heterocycles. The summed E-state index contributed by atoms with van der Waals surface area (Å²) in [4.78, 5) is 12.0. The molecule has 2 aromatic rings. The standard InChI is InChI=1S/C17H19NO2.ClH/c1-3-20-17(19)16-12-8-7-11-15(16)13(2)18-14-9-5-4-6-10-14;/h4-13,18H,3H2,1-2H3;1H. The van der Waals surface area contributed by atoms with Gasteiger partial charge >= 0.3 is 5.97 Å². The van der Waals surface area contributed by atoms with Gasteiger partial charge in [0.15, 0.2) is 0 Å². The topological polar surface area (TPSA) is 38.3 Å². The van der Waals surface area contributed by atoms with Gasteiger partial charge in [-0.25, -0.2) is 4.79 Å². The molecule has 0 fully saturated rings. The summed E-state index contributed by atoms with van der Waals surface area (Å²) in [6.07, 6.45) is 0. The van der Waals surface area contributed by atoms with Crippen LogP contribution < -0.4 is 5.32 Å². The molecule has 0 aromatic heterocycles. The lowest BCUT2D eigenvalue weighted by Crippen LogP contribution is -2.14. The van der Waals surface area contributed by atoms with Crippen molar-refractivity contribution in [3.63, 3.8) is 0 Å². The minimum atomic E-state index is -0.273. The van der Waals surface area contributed by atoms with Crippen molar-refractivity contribution in [3.8, 4) is 0 Å². The molecule has 0 bridgehead atoms. The zero-order valence-electron chi connectivity index (χ0n) is 12.2. The lowest BCUT2D eigenvalue weighted by Gasteiger charge is -2.18. The highest BCUT2D eigenvalue weighted by Gasteiger charge is 2.16. The van der Waals surface area contributed by atoms with E-state index in [1.54, 1.807) is 6.07 Å². The summed E-state index contributed by atoms with van der Waals surface area (Å²) in [5.74, 6) is -0.273. The highest BCUT2D eigenvalue weighted by Crippen LogP contribution is 2.22. The van der Waals surface area contributed by atoms with Crippen LogP contribution in [-0.4, -0.2) is 12.6 Å². The van der Waals surface area contributed by atoms with Gasteiger partial charge in [0.1, 0.15) is 0 Å². The van der Waals surface area contributed by atoms with E-state index < -0.39 is 0 Å². The Kier molecular flexibility index (Phi) is 6.76. The van der Waals surface area contributed by atoms with Gasteiger partial charge in [-0.15, -0.1) is 12.4 Å². The Bertz CT molecular complexity index is 572. The van der Waals surface area contributed by atoms with Gasteiger partial charge in [0.25, 0.3) is 0 Å². The molecule has 0 aliphatic heterocycles. The van der Waals surface area contributed by atoms with E-state index in [0.717, 1.165) is 11.3 Å². The van der Waals surface area contributed by atoms with Gasteiger partial charge in [-0.1, -0.05) is 36.4 Å². The number of anilines is 1. The molecule has 0 saturated carbocycles. The van der Waals surface area contributed by atoms with Gasteiger partial charge in [-0.3, -0.25) is 0 Å². The average molecular weight is 306 g/mol. The van der Waals surface area contributed by atoms with E-state index in [2.05, 4.69) is 5.32 Å². The monoisotopic (exact) mass is 305 g/mol. The summed E-state index contributed by atoms with van der Waals surface area (Å²) in [6, 6.07) is 17.5. The number of benzene rings is 2. The molecule has 1 atom stereocenters. The molecule has 0 amide bonds. The molecule has 112 valence electrons. The van der Waals surface area contributed by atoms with Crippen LogP contribution >= 0.6 is 12.4 Å². The van der Waals surface area contributed by atoms with Gasteiger partial charge < -0.3 is 10.1 Å². The van der Waals surface area contributed by atoms with Gasteiger partial charge in [0.05, 0.1) is 12.2 Å². The summed E-state index contributed by atoms with van der Waals surface area (Å²) >= 11 is 0. The largest absolute Gasteiger partial charge is 0.462 e. The summed E-state index contributed by atoms with van der Waals surface area (Å²) in [5, 5.41) is 3.39. The summed E-state index contributed by atoms with van der Waals surface area (Å²) in [6.45, 7) is 4.23. The fourth-order valence-electron chi connectivity index (χ4n) is 2.13. The Morgan fingerprint density at radius 1 is 1.10 bits per heavy atom. The van der Waals surface area contributed by atoms with E-state index in [1.165, 1.54) is 0 Å². The molecular formula is C17H20ClNO2. The normalized spacial score (nSPS) is 11.1. The molecule has 1 N–H and O–H groups in total. The van der Waals surface area contributed by atoms with Crippen molar-refractivity contribution < 1.29 is 9.53 Å². The van der Waals surface area contributed by atoms with Crippen molar-refractivity contribution in [2.75, 3.05) is 11.9 Å². The number of para-hydroxylation sites is 1. The Hall–Kier alpha value is -2.00. The Balaban J connectivity index is 0.00000220. The number of carbonyl (C=O) groups is 1. The Labute approximate surface area is 131 Å². The minimum absolute atomic E-state index is 0. The lowest BCUT2D eigenvalue weighted by atomic mass is 10.0. The molecular weight excluding hydrogens is 286 g/mol. The summed E-state index contributed by atoms with van der Waals surface area (Å²) in [7, 11) is 0. The number of hydrogen-bond donors (Lipinski definition) is 1. The maximum Gasteiger partial charge on any atom is 0.338 e. The van der Waals surface area contributed by atoms with Crippen LogP contribution in [0.5, 0.6) is 0 Å². The first-order chi connectivity index (χ1) is 9.72. The van der Waals surface area contributed by atoms with Gasteiger partial charge in [-0.2, -0.15) is 0 Å². The quantitative estimate of drug-likeness (QED) is 0.829. The van der Waals surface area contributed by atoms with Crippen LogP contribution in [0.15, 0.2) is 54.6 Å². The second-order valence-corrected chi connectivity index (χ2v) is 4.54. The zero-order chi connectivity index (χ0) is 14.4. The molecule has 1 unspecified atom stereocenters. The van der Waals surface area contributed by atoms with Crippen molar-refractivity contribution in [1.29, 1.82) is 0 Å². The molecule has 21 heavy (non-hydrogen) atoms. The van der Waals surface area contributed by atoms with E-state index >= 15 is 0 Å². The number of nitrogens with one attached hydrogen (secondary N) is 1. The summed E-state index contributed by atoms with van der Waals surface area (Å²) < 4.78 is 5.10. The van der Waals surface area contributed by atoms with E-state index in [-0.39, 0.29) is 24.4 Å². The molecule has 0 saturated heterocycles. The number of ether oxygens (including phenoxy) is 1. The second kappa shape index (κ2) is 8.32. The molecule has 0 spiro atoms. The first-order valence-electron chi connectivity index (χ1n) is 6.80. The predicted molar refractivity (Wildman–Crippen MR) is 88.1 cm³/mol. The fourth-order valence-corrected chi connectivity index (χ4v) is 2.13. The molecule has 0 aliphatic carbocycles. The number of carbonyl (C=O) groups excluding carboxylic acids is 1. The summed E-state index contributed by atoms with van der Waals surface area (Å²) in [5.41, 5.74) is 2.58. The molecule has 4 heteroatoms. The van der Waals surface area contributed by atoms with Crippen LogP contribution in [0.4, 0.5) is 5.69 Å². The number of esters is 1. The van der Waals surface area contributed by atoms with Crippen LogP contribution in [0.2, 0.25) is 0 Å². The van der Waals surface area contributed by atoms with Crippen LogP contribution in [0.25, 0.3) is 0 Å². The van der Waals surface area contributed by atoms with E-state index in [1.807, 2.05) is 62.4 Å². The minimum Gasteiger partial charge on any atom is -0.462 e. The highest BCUT2D eigenvalue weighted by atomic mass is 35.5. The smallest absolute Gasteiger partial charge is 0.338 e. The van der Waals surface area contributed by atoms with Crippen molar-refractivity contribution >= 4 is 24.1 Å². The SMILES string of the molecule is CCOC(=O)c1ccccc1C(C)Nc1ccccc1.Cl. The number of rotatable bonds is 5. The highest BCUT2D eigenvalue weighted by molar-refractivity contribution is 5.91. The van der Waals surface area contributed by atoms with Gasteiger partial charge in [-0.05, 0) is 37.6 Å². The fraction of sp³-hybridized carbons (Fsp3) is 0.235. The van der Waals surface area contributed by atoms with Crippen molar-refractivity contribution in [2.24, 2.45) is 0 Å². The predicted octanol–water partition coefficient (Wildman–Crippen LogP) is 4.46. The number of halogens is 1. The second-order valence-electron chi connectivity index (χ2n) is 4.54. The van der Waals surface area contributed by atoms with E-state index in [4.69, 9.17) is 4.74 Å².